The summed E-state index contributed by atoms with van der Waals surface area (Å²) in [5.41, 5.74) is 0.764. The lowest BCUT2D eigenvalue weighted by Crippen LogP contribution is -1.75. The van der Waals surface area contributed by atoms with E-state index in [1.165, 1.54) is 0 Å². The van der Waals surface area contributed by atoms with E-state index in [1.807, 2.05) is 24.3 Å². The van der Waals surface area contributed by atoms with Crippen LogP contribution in [-0.2, 0) is 4.79 Å². The quantitative estimate of drug-likeness (QED) is 0.480. The minimum Gasteiger partial charge on any atom is -0.298 e. The van der Waals surface area contributed by atoms with E-state index in [0.717, 1.165) is 18.3 Å². The molecule has 9 heavy (non-hydrogen) atoms. The van der Waals surface area contributed by atoms with Gasteiger partial charge in [0, 0.05) is 5.57 Å². The van der Waals surface area contributed by atoms with Crippen molar-refractivity contribution in [1.82, 2.24) is 0 Å². The summed E-state index contributed by atoms with van der Waals surface area (Å²) in [6.45, 7) is 0. The largest absolute Gasteiger partial charge is 0.298 e. The van der Waals surface area contributed by atoms with E-state index in [2.05, 4.69) is 0 Å². The molecule has 0 atom stereocenters. The van der Waals surface area contributed by atoms with Crippen molar-refractivity contribution < 1.29 is 4.79 Å². The van der Waals surface area contributed by atoms with Gasteiger partial charge in [0.25, 0.3) is 0 Å². The number of rotatable bonds is 1. The van der Waals surface area contributed by atoms with Crippen molar-refractivity contribution in [1.29, 1.82) is 0 Å². The molecule has 0 saturated carbocycles. The first-order chi connectivity index (χ1) is 4.43. The van der Waals surface area contributed by atoms with Crippen LogP contribution in [0.25, 0.3) is 0 Å². The van der Waals surface area contributed by atoms with Crippen molar-refractivity contribution >= 4 is 6.29 Å². The molecule has 0 amide bonds. The number of hydrogen-bond acceptors (Lipinski definition) is 1. The fourth-order valence-electron chi connectivity index (χ4n) is 0.683. The SMILES string of the molecule is O=CC1=CCC=CC=C1. The van der Waals surface area contributed by atoms with Crippen molar-refractivity contribution in [3.63, 3.8) is 0 Å². The van der Waals surface area contributed by atoms with Gasteiger partial charge in [0.2, 0.25) is 0 Å². The molecule has 0 aliphatic heterocycles. The molecule has 0 N–H and O–H groups in total. The van der Waals surface area contributed by atoms with Crippen LogP contribution in [0.5, 0.6) is 0 Å². The van der Waals surface area contributed by atoms with Crippen molar-refractivity contribution in [2.24, 2.45) is 0 Å². The van der Waals surface area contributed by atoms with E-state index in [-0.39, 0.29) is 0 Å². The molecule has 46 valence electrons. The number of carbonyl (C=O) groups is 1. The number of aldehydes is 1. The average Bonchev–Trinajstić information content (AvgIpc) is 2.13. The molecule has 0 radical (unpaired) electrons. The normalized spacial score (nSPS) is 16.7. The summed E-state index contributed by atoms with van der Waals surface area (Å²) in [7, 11) is 0. The molecule has 0 fully saturated rings. The molecule has 0 aromatic rings. The molecule has 0 heterocycles. The number of hydrogen-bond donors (Lipinski definition) is 0. The highest BCUT2D eigenvalue weighted by molar-refractivity contribution is 5.77. The van der Waals surface area contributed by atoms with Crippen LogP contribution >= 0.6 is 0 Å². The summed E-state index contributed by atoms with van der Waals surface area (Å²) in [4.78, 5) is 10.2. The molecule has 1 aliphatic rings. The fourth-order valence-corrected chi connectivity index (χ4v) is 0.683. The third-order valence-corrected chi connectivity index (χ3v) is 1.16. The molecular formula is C8H8O. The Balaban J connectivity index is 2.74. The van der Waals surface area contributed by atoms with Gasteiger partial charge < -0.3 is 0 Å². The van der Waals surface area contributed by atoms with Crippen LogP contribution in [0.3, 0.4) is 0 Å². The first-order valence-electron chi connectivity index (χ1n) is 2.92. The van der Waals surface area contributed by atoms with E-state index in [4.69, 9.17) is 0 Å². The van der Waals surface area contributed by atoms with Crippen LogP contribution in [-0.4, -0.2) is 6.29 Å². The predicted octanol–water partition coefficient (Wildman–Crippen LogP) is 1.63. The molecular weight excluding hydrogens is 112 g/mol. The molecule has 1 rings (SSSR count). The van der Waals surface area contributed by atoms with Crippen LogP contribution in [0.4, 0.5) is 0 Å². The Morgan fingerprint density at radius 3 is 3.11 bits per heavy atom. The molecule has 0 saturated heterocycles. The smallest absolute Gasteiger partial charge is 0.149 e. The van der Waals surface area contributed by atoms with Crippen LogP contribution in [0.15, 0.2) is 36.0 Å². The van der Waals surface area contributed by atoms with E-state index < -0.39 is 0 Å². The van der Waals surface area contributed by atoms with Crippen molar-refractivity contribution in [3.05, 3.63) is 36.0 Å². The fraction of sp³-hybridized carbons (Fsp3) is 0.125. The second kappa shape index (κ2) is 3.02. The van der Waals surface area contributed by atoms with Gasteiger partial charge in [0.15, 0.2) is 0 Å². The third-order valence-electron chi connectivity index (χ3n) is 1.16. The summed E-state index contributed by atoms with van der Waals surface area (Å²) >= 11 is 0. The Morgan fingerprint density at radius 2 is 2.33 bits per heavy atom. The highest BCUT2D eigenvalue weighted by Gasteiger charge is 1.87. The lowest BCUT2D eigenvalue weighted by atomic mass is 10.2. The highest BCUT2D eigenvalue weighted by atomic mass is 16.1. The van der Waals surface area contributed by atoms with Crippen LogP contribution < -0.4 is 0 Å². The van der Waals surface area contributed by atoms with E-state index in [9.17, 15) is 4.79 Å². The van der Waals surface area contributed by atoms with Gasteiger partial charge in [-0.3, -0.25) is 4.79 Å². The maximum atomic E-state index is 10.2. The van der Waals surface area contributed by atoms with Gasteiger partial charge in [0.05, 0.1) is 0 Å². The molecule has 0 aromatic carbocycles. The van der Waals surface area contributed by atoms with Gasteiger partial charge in [0.1, 0.15) is 6.29 Å². The Labute approximate surface area is 54.4 Å². The molecule has 1 heteroatoms. The van der Waals surface area contributed by atoms with Gasteiger partial charge in [-0.15, -0.1) is 0 Å². The van der Waals surface area contributed by atoms with Crippen LogP contribution in [0.2, 0.25) is 0 Å². The molecule has 0 bridgehead atoms. The Morgan fingerprint density at radius 1 is 1.44 bits per heavy atom. The first-order valence-corrected chi connectivity index (χ1v) is 2.92. The Kier molecular flexibility index (Phi) is 2.02. The average molecular weight is 120 g/mol. The minimum absolute atomic E-state index is 0.764. The standard InChI is InChI=1S/C8H8O/c9-7-8-5-3-1-2-4-6-8/h1-3,5-7H,4H2. The molecule has 1 aliphatic carbocycles. The second-order valence-electron chi connectivity index (χ2n) is 1.84. The van der Waals surface area contributed by atoms with E-state index in [0.29, 0.717) is 0 Å². The maximum Gasteiger partial charge on any atom is 0.149 e. The zero-order chi connectivity index (χ0) is 6.53. The number of allylic oxidation sites excluding steroid dienone is 6. The Bertz CT molecular complexity index is 185. The lowest BCUT2D eigenvalue weighted by Gasteiger charge is -1.81. The van der Waals surface area contributed by atoms with Crippen molar-refractivity contribution in [3.8, 4) is 0 Å². The number of carbonyl (C=O) groups excluding carboxylic acids is 1. The zero-order valence-electron chi connectivity index (χ0n) is 5.08. The molecule has 0 unspecified atom stereocenters. The third kappa shape index (κ3) is 1.68. The monoisotopic (exact) mass is 120 g/mol. The van der Waals surface area contributed by atoms with Gasteiger partial charge in [-0.25, -0.2) is 0 Å². The molecule has 0 aromatic heterocycles. The second-order valence-corrected chi connectivity index (χ2v) is 1.84. The van der Waals surface area contributed by atoms with Gasteiger partial charge in [-0.1, -0.05) is 30.4 Å². The van der Waals surface area contributed by atoms with Crippen molar-refractivity contribution in [2.45, 2.75) is 6.42 Å². The summed E-state index contributed by atoms with van der Waals surface area (Å²) in [5.74, 6) is 0. The van der Waals surface area contributed by atoms with Gasteiger partial charge in [-0.05, 0) is 6.42 Å². The molecule has 0 spiro atoms. The molecule has 1 nitrogen and oxygen atoms in total. The van der Waals surface area contributed by atoms with Crippen LogP contribution in [0, 0.1) is 0 Å². The maximum absolute atomic E-state index is 10.2. The van der Waals surface area contributed by atoms with Crippen molar-refractivity contribution in [2.75, 3.05) is 0 Å². The minimum atomic E-state index is 0.764. The topological polar surface area (TPSA) is 17.1 Å². The summed E-state index contributed by atoms with van der Waals surface area (Å²) < 4.78 is 0. The van der Waals surface area contributed by atoms with E-state index >= 15 is 0 Å². The van der Waals surface area contributed by atoms with E-state index in [1.54, 1.807) is 6.08 Å². The summed E-state index contributed by atoms with van der Waals surface area (Å²) in [6, 6.07) is 0. The summed E-state index contributed by atoms with van der Waals surface area (Å²) in [6.07, 6.45) is 11.2. The lowest BCUT2D eigenvalue weighted by molar-refractivity contribution is -0.104. The highest BCUT2D eigenvalue weighted by Crippen LogP contribution is 2.00. The van der Waals surface area contributed by atoms with Gasteiger partial charge in [-0.2, -0.15) is 0 Å². The van der Waals surface area contributed by atoms with Gasteiger partial charge >= 0.3 is 0 Å². The first kappa shape index (κ1) is 6.02. The predicted molar refractivity (Wildman–Crippen MR) is 37.0 cm³/mol. The Hall–Kier alpha value is -1.11. The van der Waals surface area contributed by atoms with Crippen LogP contribution in [0.1, 0.15) is 6.42 Å². The zero-order valence-corrected chi connectivity index (χ0v) is 5.08. The summed E-state index contributed by atoms with van der Waals surface area (Å²) in [5, 5.41) is 0.